The molecule has 20 heavy (non-hydrogen) atoms. The second-order valence-corrected chi connectivity index (χ2v) is 5.55. The molecular weight excluding hydrogens is 280 g/mol. The van der Waals surface area contributed by atoms with Crippen LogP contribution in [0.5, 0.6) is 0 Å². The van der Waals surface area contributed by atoms with Gasteiger partial charge in [-0.2, -0.15) is 0 Å². The van der Waals surface area contributed by atoms with Gasteiger partial charge < -0.3 is 4.90 Å². The van der Waals surface area contributed by atoms with Crippen molar-refractivity contribution in [1.82, 2.24) is 4.90 Å². The number of likely N-dealkylation sites (N-methyl/N-ethyl adjacent to an activating group) is 1. The number of Topliss-reactive ketones (excluding diaryl/α,β-unsaturated/α-hetero) is 1. The molecule has 3 rings (SSSR count). The number of hydrogen-bond acceptors (Lipinski definition) is 3. The van der Waals surface area contributed by atoms with Crippen molar-refractivity contribution >= 4 is 34.9 Å². The van der Waals surface area contributed by atoms with E-state index < -0.39 is 11.7 Å². The van der Waals surface area contributed by atoms with Gasteiger partial charge in [-0.15, -0.1) is 0 Å². The largest absolute Gasteiger partial charge is 0.341 e. The smallest absolute Gasteiger partial charge is 0.299 e. The third-order valence-electron chi connectivity index (χ3n) is 3.71. The van der Waals surface area contributed by atoms with E-state index in [2.05, 4.69) is 0 Å². The molecule has 0 radical (unpaired) electrons. The molecule has 1 aromatic carbocycles. The summed E-state index contributed by atoms with van der Waals surface area (Å²) in [6.45, 7) is -0.105. The molecule has 0 N–H and O–H groups in total. The van der Waals surface area contributed by atoms with E-state index in [0.717, 1.165) is 12.8 Å². The quantitative estimate of drug-likeness (QED) is 0.793. The van der Waals surface area contributed by atoms with Crippen molar-refractivity contribution in [2.45, 2.75) is 18.9 Å². The van der Waals surface area contributed by atoms with Crippen molar-refractivity contribution < 1.29 is 14.4 Å². The van der Waals surface area contributed by atoms with E-state index in [1.807, 2.05) is 0 Å². The van der Waals surface area contributed by atoms with Crippen LogP contribution in [0.15, 0.2) is 18.2 Å². The predicted molar refractivity (Wildman–Crippen MR) is 73.9 cm³/mol. The van der Waals surface area contributed by atoms with Crippen LogP contribution in [0.1, 0.15) is 23.2 Å². The maximum Gasteiger partial charge on any atom is 0.299 e. The zero-order chi connectivity index (χ0) is 14.4. The van der Waals surface area contributed by atoms with Gasteiger partial charge in [0, 0.05) is 18.1 Å². The first-order valence-electron chi connectivity index (χ1n) is 6.40. The van der Waals surface area contributed by atoms with Gasteiger partial charge in [0.15, 0.2) is 0 Å². The molecule has 0 saturated heterocycles. The monoisotopic (exact) mass is 292 g/mol. The number of nitrogens with zero attached hydrogens (tertiary/aromatic N) is 2. The van der Waals surface area contributed by atoms with E-state index >= 15 is 0 Å². The van der Waals surface area contributed by atoms with Gasteiger partial charge in [-0.3, -0.25) is 19.3 Å². The number of rotatable bonds is 3. The molecule has 1 aromatic rings. The summed E-state index contributed by atoms with van der Waals surface area (Å²) in [7, 11) is 1.73. The average molecular weight is 293 g/mol. The van der Waals surface area contributed by atoms with Crippen molar-refractivity contribution in [3.63, 3.8) is 0 Å². The van der Waals surface area contributed by atoms with Crippen LogP contribution >= 0.6 is 11.6 Å². The standard InChI is InChI=1S/C14H13ClN2O3/c1-16(9-3-4-9)12(18)7-17-11-5-2-8(15)6-10(11)13(19)14(17)20/h2,5-6,9H,3-4,7H2,1H3. The first-order valence-corrected chi connectivity index (χ1v) is 6.78. The summed E-state index contributed by atoms with van der Waals surface area (Å²) in [4.78, 5) is 38.8. The summed E-state index contributed by atoms with van der Waals surface area (Å²) in [5.74, 6) is -1.43. The Labute approximate surface area is 121 Å². The number of benzene rings is 1. The molecule has 1 aliphatic carbocycles. The topological polar surface area (TPSA) is 57.7 Å². The Hall–Kier alpha value is -1.88. The fourth-order valence-electron chi connectivity index (χ4n) is 2.34. The highest BCUT2D eigenvalue weighted by molar-refractivity contribution is 6.53. The van der Waals surface area contributed by atoms with Crippen molar-refractivity contribution in [3.8, 4) is 0 Å². The second-order valence-electron chi connectivity index (χ2n) is 5.12. The first-order chi connectivity index (χ1) is 9.49. The fraction of sp³-hybridized carbons (Fsp3) is 0.357. The predicted octanol–water partition coefficient (Wildman–Crippen LogP) is 1.49. The summed E-state index contributed by atoms with van der Waals surface area (Å²) in [6, 6.07) is 4.95. The summed E-state index contributed by atoms with van der Waals surface area (Å²) < 4.78 is 0. The van der Waals surface area contributed by atoms with Gasteiger partial charge in [0.1, 0.15) is 6.54 Å². The number of halogens is 1. The van der Waals surface area contributed by atoms with Crippen LogP contribution in [0.25, 0.3) is 0 Å². The van der Waals surface area contributed by atoms with Crippen molar-refractivity contribution in [2.75, 3.05) is 18.5 Å². The fourth-order valence-corrected chi connectivity index (χ4v) is 2.51. The number of carbonyl (C=O) groups excluding carboxylic acids is 3. The van der Waals surface area contributed by atoms with Gasteiger partial charge in [0.25, 0.3) is 11.7 Å². The third kappa shape index (κ3) is 2.08. The minimum Gasteiger partial charge on any atom is -0.341 e. The summed E-state index contributed by atoms with van der Waals surface area (Å²) >= 11 is 5.83. The van der Waals surface area contributed by atoms with E-state index in [1.165, 1.54) is 11.0 Å². The maximum atomic E-state index is 12.1. The molecular formula is C14H13ClN2O3. The average Bonchev–Trinajstić information content (AvgIpc) is 3.23. The van der Waals surface area contributed by atoms with Crippen LogP contribution in [0.4, 0.5) is 5.69 Å². The Morgan fingerprint density at radius 3 is 2.75 bits per heavy atom. The van der Waals surface area contributed by atoms with Gasteiger partial charge >= 0.3 is 0 Å². The maximum absolute atomic E-state index is 12.1. The Morgan fingerprint density at radius 1 is 1.40 bits per heavy atom. The molecule has 0 atom stereocenters. The molecule has 0 bridgehead atoms. The number of hydrogen-bond donors (Lipinski definition) is 0. The molecule has 2 amide bonds. The summed E-state index contributed by atoms with van der Waals surface area (Å²) in [5, 5.41) is 0.396. The van der Waals surface area contributed by atoms with Crippen LogP contribution in [-0.4, -0.2) is 42.1 Å². The zero-order valence-corrected chi connectivity index (χ0v) is 11.7. The molecule has 6 heteroatoms. The number of amides is 2. The highest BCUT2D eigenvalue weighted by atomic mass is 35.5. The molecule has 0 spiro atoms. The summed E-state index contributed by atoms with van der Waals surface area (Å²) in [6.07, 6.45) is 2.00. The van der Waals surface area contributed by atoms with Gasteiger partial charge in [-0.25, -0.2) is 0 Å². The third-order valence-corrected chi connectivity index (χ3v) is 3.95. The lowest BCUT2D eigenvalue weighted by atomic mass is 10.1. The number of carbonyl (C=O) groups is 3. The number of ketones is 1. The second kappa shape index (κ2) is 4.59. The van der Waals surface area contributed by atoms with Crippen LogP contribution < -0.4 is 4.90 Å². The van der Waals surface area contributed by atoms with E-state index in [4.69, 9.17) is 11.6 Å². The van der Waals surface area contributed by atoms with Crippen LogP contribution in [0.3, 0.4) is 0 Å². The molecule has 104 valence electrons. The molecule has 5 nitrogen and oxygen atoms in total. The van der Waals surface area contributed by atoms with Crippen LogP contribution in [-0.2, 0) is 9.59 Å². The Bertz CT molecular complexity index is 625. The van der Waals surface area contributed by atoms with Gasteiger partial charge in [-0.1, -0.05) is 11.6 Å². The van der Waals surface area contributed by atoms with E-state index in [9.17, 15) is 14.4 Å². The SMILES string of the molecule is CN(C(=O)CN1C(=O)C(=O)c2cc(Cl)ccc21)C1CC1. The molecule has 1 fully saturated rings. The Balaban J connectivity index is 1.85. The minimum atomic E-state index is -0.667. The molecule has 1 heterocycles. The zero-order valence-electron chi connectivity index (χ0n) is 10.9. The summed E-state index contributed by atoms with van der Waals surface area (Å²) in [5.41, 5.74) is 0.728. The molecule has 0 aromatic heterocycles. The Morgan fingerprint density at radius 2 is 2.10 bits per heavy atom. The van der Waals surface area contributed by atoms with Crippen LogP contribution in [0.2, 0.25) is 5.02 Å². The number of anilines is 1. The molecule has 1 aliphatic heterocycles. The highest BCUT2D eigenvalue weighted by Gasteiger charge is 2.38. The highest BCUT2D eigenvalue weighted by Crippen LogP contribution is 2.32. The van der Waals surface area contributed by atoms with E-state index in [-0.39, 0.29) is 24.1 Å². The van der Waals surface area contributed by atoms with Crippen molar-refractivity contribution in [2.24, 2.45) is 0 Å². The Kier molecular flexibility index (Phi) is 3.01. The number of fused-ring (bicyclic) bond motifs is 1. The first kappa shape index (κ1) is 13.1. The van der Waals surface area contributed by atoms with Gasteiger partial charge in [0.05, 0.1) is 11.3 Å². The lowest BCUT2D eigenvalue weighted by Crippen LogP contribution is -2.41. The molecule has 2 aliphatic rings. The van der Waals surface area contributed by atoms with Crippen molar-refractivity contribution in [3.05, 3.63) is 28.8 Å². The molecule has 1 saturated carbocycles. The van der Waals surface area contributed by atoms with Crippen LogP contribution in [0, 0.1) is 0 Å². The minimum absolute atomic E-state index is 0.105. The van der Waals surface area contributed by atoms with E-state index in [1.54, 1.807) is 24.1 Å². The molecule has 0 unspecified atom stereocenters. The lowest BCUT2D eigenvalue weighted by Gasteiger charge is -2.21. The normalized spacial score (nSPS) is 17.4. The van der Waals surface area contributed by atoms with Gasteiger partial charge in [-0.05, 0) is 31.0 Å². The van der Waals surface area contributed by atoms with Crippen molar-refractivity contribution in [1.29, 1.82) is 0 Å². The lowest BCUT2D eigenvalue weighted by molar-refractivity contribution is -0.130. The van der Waals surface area contributed by atoms with Gasteiger partial charge in [0.2, 0.25) is 5.91 Å². The van der Waals surface area contributed by atoms with E-state index in [0.29, 0.717) is 10.7 Å².